The molecule has 37 nitrogen and oxygen atoms in total. The third-order valence-electron chi connectivity index (χ3n) is 21.6. The van der Waals surface area contributed by atoms with Gasteiger partial charge in [-0.15, -0.1) is 23.5 Å². The molecule has 126 heavy (non-hydrogen) atoms. The molecule has 3 fully saturated rings. The number of carboxylic acids is 1. The highest BCUT2D eigenvalue weighted by Crippen LogP contribution is 2.43. The Labute approximate surface area is 739 Å². The van der Waals surface area contributed by atoms with Gasteiger partial charge in [0.05, 0.1) is 145 Å². The molecule has 686 valence electrons. The summed E-state index contributed by atoms with van der Waals surface area (Å²) in [5.74, 6) is -6.05. The first-order chi connectivity index (χ1) is 60.8. The monoisotopic (exact) mass is 1790 g/mol. The molecule has 8 aliphatic heterocycles. The van der Waals surface area contributed by atoms with Gasteiger partial charge in [-0.2, -0.15) is 0 Å². The van der Waals surface area contributed by atoms with Crippen molar-refractivity contribution in [3.63, 3.8) is 0 Å². The normalized spacial score (nSPS) is 24.6. The number of amides is 10. The number of aliphatic hydroxyl groups excluding tert-OH is 1. The van der Waals surface area contributed by atoms with Gasteiger partial charge in [0.15, 0.2) is 23.5 Å². The van der Waals surface area contributed by atoms with E-state index in [0.717, 1.165) is 4.90 Å². The second kappa shape index (κ2) is 49.6. The molecule has 0 aromatic heterocycles. The van der Waals surface area contributed by atoms with Crippen molar-refractivity contribution >= 4 is 123 Å². The van der Waals surface area contributed by atoms with Gasteiger partial charge >= 0.3 is 18.2 Å². The number of thioether (sulfide) groups is 2. The number of hydrogen-bond donors (Lipinski definition) is 9. The molecule has 8 bridgehead atoms. The number of nitrogens with zero attached hydrogens (tertiary/aromatic N) is 4. The number of carboxylic acid groups (broad SMARTS) is 1. The summed E-state index contributed by atoms with van der Waals surface area (Å²) in [6.45, 7) is 11.8. The van der Waals surface area contributed by atoms with Crippen molar-refractivity contribution in [1.29, 1.82) is 0 Å². The number of ether oxygens (including phenoxy) is 11. The topological polar surface area (TPSA) is 475 Å². The Kier molecular flexibility index (Phi) is 38.4. The van der Waals surface area contributed by atoms with Crippen molar-refractivity contribution in [2.45, 2.75) is 164 Å². The Morgan fingerprint density at radius 3 is 1.80 bits per heavy atom. The first-order valence-electron chi connectivity index (χ1n) is 42.4. The lowest BCUT2D eigenvalue weighted by molar-refractivity contribution is -0.140. The first-order valence-corrected chi connectivity index (χ1v) is 44.5. The van der Waals surface area contributed by atoms with Gasteiger partial charge < -0.3 is 110 Å². The summed E-state index contributed by atoms with van der Waals surface area (Å²) in [6, 6.07) is 13.8. The van der Waals surface area contributed by atoms with Gasteiger partial charge in [0.2, 0.25) is 35.4 Å². The number of Topliss-reactive ketones (excluding diaryl/α,β-unsaturated/α-hetero) is 2. The number of hydrogen-bond acceptors (Lipinski definition) is 28. The predicted molar refractivity (Wildman–Crippen MR) is 463 cm³/mol. The summed E-state index contributed by atoms with van der Waals surface area (Å²) >= 11 is 2.84. The number of methoxy groups -OCH3 is 1. The molecule has 8 heterocycles. The summed E-state index contributed by atoms with van der Waals surface area (Å²) < 4.78 is 63.8. The minimum Gasteiger partial charge on any atom is -0.493 e. The highest BCUT2D eigenvalue weighted by Gasteiger charge is 2.47. The van der Waals surface area contributed by atoms with Crippen molar-refractivity contribution in [3.8, 4) is 17.2 Å². The number of rotatable bonds is 7. The lowest BCUT2D eigenvalue weighted by Crippen LogP contribution is -2.53. The highest BCUT2D eigenvalue weighted by atomic mass is 32.2. The maximum atomic E-state index is 14.4. The standard InChI is InChI=1S/C87H115N11O26S2/c1-53-41-68-85(111)98-67-47-71(54(2)42-62(67)84(110)96(68)48-53)121-28-10-29-122-73-46-66-63(44-72(73)114-5)83(109)95-26-8-11-61(95)49-97(66)86(112)123-50-57-16-20-60(21-17-57)92-81(107)65(45-76(103)104)94-80(106)64(12-6-7-24-88)93-75(102)23-31-117-35-39-120-40-36-118-32-25-89-82(108)78-77(125-52-126-78)69(99)13-9-27-115-33-37-119-38-34-116-30-22-74(101)90-56(4)70(100)43-55(3)79(105)91-59-18-14-58(15-19-59)51-124-87(98)113/h14-21,42,44,46-47,55-56,61,64-65,68,77-78,85,111H,1,6-13,22-41,43,45,48-52,88H2,2-5H3,(H,89,108)(H,90,101)(H,91,105)(H,92,107)(H,93,102)(H,94,106)(H,103,104)/t55-,56+,61+,64+,65+,68+,77?,78?,85?/m1/s1. The van der Waals surface area contributed by atoms with E-state index in [4.69, 9.17) is 57.8 Å². The number of benzene rings is 4. The van der Waals surface area contributed by atoms with Gasteiger partial charge in [0.25, 0.3) is 11.8 Å². The number of unbranched alkanes of at least 4 members (excludes halogenated alkanes) is 1. The van der Waals surface area contributed by atoms with Crippen LogP contribution in [0.15, 0.2) is 84.9 Å². The van der Waals surface area contributed by atoms with Crippen molar-refractivity contribution in [2.24, 2.45) is 11.7 Å². The van der Waals surface area contributed by atoms with Crippen LogP contribution in [0, 0.1) is 12.8 Å². The maximum Gasteiger partial charge on any atom is 0.416 e. The van der Waals surface area contributed by atoms with Gasteiger partial charge in [0.1, 0.15) is 42.1 Å². The molecule has 10 N–H and O–H groups in total. The summed E-state index contributed by atoms with van der Waals surface area (Å²) in [4.78, 5) is 182. The van der Waals surface area contributed by atoms with Crippen LogP contribution in [-0.2, 0) is 94.3 Å². The average Bonchev–Trinajstić information content (AvgIpc) is 1.61. The summed E-state index contributed by atoms with van der Waals surface area (Å²) in [5, 5.41) is 37.6. The molecule has 0 radical (unpaired) electrons. The number of ketones is 2. The third kappa shape index (κ3) is 28.5. The van der Waals surface area contributed by atoms with Crippen LogP contribution in [-0.4, -0.2) is 281 Å². The van der Waals surface area contributed by atoms with Crippen LogP contribution in [0.25, 0.3) is 0 Å². The minimum absolute atomic E-state index is 0.0143. The van der Waals surface area contributed by atoms with Gasteiger partial charge in [-0.1, -0.05) is 43.3 Å². The zero-order chi connectivity index (χ0) is 90.2. The smallest absolute Gasteiger partial charge is 0.416 e. The molecule has 10 amide bonds. The molecule has 0 aliphatic carbocycles. The van der Waals surface area contributed by atoms with Gasteiger partial charge in [0, 0.05) is 99.4 Å². The van der Waals surface area contributed by atoms with Crippen LogP contribution in [0.5, 0.6) is 17.2 Å². The second-order valence-corrected chi connectivity index (χ2v) is 33.7. The van der Waals surface area contributed by atoms with Crippen molar-refractivity contribution in [3.05, 3.63) is 113 Å². The second-order valence-electron chi connectivity index (χ2n) is 31.1. The lowest BCUT2D eigenvalue weighted by Gasteiger charge is -2.31. The number of nitrogens with two attached hydrogens (primary N) is 1. The van der Waals surface area contributed by atoms with Crippen LogP contribution in [0.4, 0.5) is 32.3 Å². The zero-order valence-electron chi connectivity index (χ0n) is 71.5. The molecule has 4 aromatic rings. The number of aryl methyl sites for hydroxylation is 1. The Bertz CT molecular complexity index is 4470. The van der Waals surface area contributed by atoms with E-state index in [0.29, 0.717) is 84.8 Å². The van der Waals surface area contributed by atoms with Crippen molar-refractivity contribution in [2.75, 3.05) is 158 Å². The van der Waals surface area contributed by atoms with Crippen LogP contribution in [0.1, 0.15) is 135 Å². The summed E-state index contributed by atoms with van der Waals surface area (Å²) in [6.07, 6.45) is -1.03. The highest BCUT2D eigenvalue weighted by molar-refractivity contribution is 8.20. The number of carbonyl (C=O) groups is 13. The van der Waals surface area contributed by atoms with E-state index >= 15 is 0 Å². The van der Waals surface area contributed by atoms with E-state index < -0.39 is 107 Å². The summed E-state index contributed by atoms with van der Waals surface area (Å²) in [5.41, 5.74) is 9.01. The fourth-order valence-corrected chi connectivity index (χ4v) is 17.9. The van der Waals surface area contributed by atoms with E-state index in [-0.39, 0.29) is 239 Å². The Morgan fingerprint density at radius 2 is 1.16 bits per heavy atom. The van der Waals surface area contributed by atoms with Crippen molar-refractivity contribution in [1.82, 2.24) is 31.1 Å². The molecule has 8 aliphatic rings. The SMILES string of the molecule is C=C1C[C@H]2C(O)N3C(=O)OCc4ccc(cc4)NC(=O)[C@H](C)CC(=O)[C@H](C)NC(=O)CCOCCOCCOCCCC(=O)C4SCSC4C(=O)NCCOCCOCCOCCC(=O)N[C@@H](CCCCN)C(=O)N[C@@H](CC(=O)O)C(=O)Nc4ccc(cc4)COC(=O)N4C[C@@H]5CCCN5C(=O)c5cc(OC)c(cc54)OCCCOc4cc3c(cc4C)C(=O)N2C1. The van der Waals surface area contributed by atoms with Gasteiger partial charge in [-0.25, -0.2) is 14.5 Å². The average molecular weight is 1800 g/mol. The van der Waals surface area contributed by atoms with Crippen molar-refractivity contribution < 1.29 is 125 Å². The molecular formula is C87H115N11O26S2. The first kappa shape index (κ1) is 97.7. The van der Waals surface area contributed by atoms with E-state index in [2.05, 4.69) is 38.5 Å². The zero-order valence-corrected chi connectivity index (χ0v) is 73.1. The Hall–Kier alpha value is -10.5. The number of aliphatic carboxylic acids is 1. The molecule has 12 rings (SSSR count). The van der Waals surface area contributed by atoms with E-state index in [9.17, 15) is 72.5 Å². The molecule has 0 saturated carbocycles. The number of anilines is 4. The van der Waals surface area contributed by atoms with Crippen LogP contribution < -0.4 is 61.6 Å². The van der Waals surface area contributed by atoms with Gasteiger partial charge in [-0.05, 0) is 118 Å². The molecule has 39 heteroatoms. The lowest BCUT2D eigenvalue weighted by atomic mass is 10.00. The molecule has 0 spiro atoms. The molecule has 3 saturated heterocycles. The number of fused-ring (bicyclic) bond motifs is 4. The third-order valence-corrected chi connectivity index (χ3v) is 24.6. The molecule has 3 unspecified atom stereocenters. The van der Waals surface area contributed by atoms with E-state index in [1.54, 1.807) is 67.3 Å². The number of nitrogens with one attached hydrogen (secondary N) is 6. The molecular weight excluding hydrogens is 1680 g/mol. The van der Waals surface area contributed by atoms with Gasteiger partial charge in [-0.3, -0.25) is 57.6 Å². The fourth-order valence-electron chi connectivity index (χ4n) is 14.8. The largest absolute Gasteiger partial charge is 0.493 e. The maximum absolute atomic E-state index is 14.4. The van der Waals surface area contributed by atoms with E-state index in [1.165, 1.54) is 71.6 Å². The number of aliphatic hydroxyl groups is 1. The van der Waals surface area contributed by atoms with Crippen LogP contribution in [0.3, 0.4) is 0 Å². The van der Waals surface area contributed by atoms with Crippen LogP contribution >= 0.6 is 23.5 Å². The van der Waals surface area contributed by atoms with E-state index in [1.807, 2.05) is 0 Å². The Balaban J connectivity index is 0.766. The number of carbonyl (C=O) groups excluding carboxylic acids is 12. The molecule has 9 atom stereocenters. The predicted octanol–water partition coefficient (Wildman–Crippen LogP) is 5.94. The van der Waals surface area contributed by atoms with Crippen LogP contribution in [0.2, 0.25) is 0 Å². The Morgan fingerprint density at radius 1 is 0.579 bits per heavy atom. The fraction of sp³-hybridized carbons (Fsp3) is 0.552. The molecule has 4 aromatic carbocycles. The quantitative estimate of drug-likeness (QED) is 0.0763. The minimum atomic E-state index is -1.59. The summed E-state index contributed by atoms with van der Waals surface area (Å²) in [7, 11) is 1.41.